The molecule has 4 heterocycles. The molecule has 0 spiro atoms. The van der Waals surface area contributed by atoms with Gasteiger partial charge in [0.1, 0.15) is 11.6 Å². The van der Waals surface area contributed by atoms with Crippen molar-refractivity contribution in [2.24, 2.45) is 5.92 Å². The first-order chi connectivity index (χ1) is 15.0. The van der Waals surface area contributed by atoms with Crippen LogP contribution in [0.3, 0.4) is 0 Å². The lowest BCUT2D eigenvalue weighted by Crippen LogP contribution is -2.53. The number of pyridine rings is 2. The molecule has 2 aliphatic heterocycles. The maximum atomic E-state index is 4.49. The monoisotopic (exact) mass is 424 g/mol. The average Bonchev–Trinajstić information content (AvgIpc) is 2.80. The lowest BCUT2D eigenvalue weighted by atomic mass is 10.0. The third kappa shape index (κ3) is 6.91. The summed E-state index contributed by atoms with van der Waals surface area (Å²) in [5.74, 6) is 2.89. The molecule has 2 atom stereocenters. The predicted molar refractivity (Wildman–Crippen MR) is 131 cm³/mol. The Morgan fingerprint density at radius 2 is 1.42 bits per heavy atom. The van der Waals surface area contributed by atoms with Gasteiger partial charge in [0.2, 0.25) is 0 Å². The summed E-state index contributed by atoms with van der Waals surface area (Å²) in [7, 11) is 0. The van der Waals surface area contributed by atoms with Crippen molar-refractivity contribution in [1.82, 2.24) is 20.6 Å². The van der Waals surface area contributed by atoms with Crippen LogP contribution in [0.4, 0.5) is 11.6 Å². The van der Waals surface area contributed by atoms with Gasteiger partial charge in [-0.3, -0.25) is 0 Å². The van der Waals surface area contributed by atoms with Crippen LogP contribution in [0.15, 0.2) is 36.7 Å². The Kier molecular flexibility index (Phi) is 8.67. The number of anilines is 2. The topological polar surface area (TPSA) is 56.3 Å². The van der Waals surface area contributed by atoms with Crippen LogP contribution in [0.1, 0.15) is 38.3 Å². The molecule has 0 amide bonds. The van der Waals surface area contributed by atoms with Gasteiger partial charge in [0, 0.05) is 63.7 Å². The molecule has 2 aromatic rings. The molecule has 0 aromatic carbocycles. The number of nitrogens with one attached hydrogen (secondary N) is 2. The molecule has 170 valence electrons. The first-order valence-electron chi connectivity index (χ1n) is 11.8. The van der Waals surface area contributed by atoms with Gasteiger partial charge in [0.05, 0.1) is 0 Å². The first-order valence-corrected chi connectivity index (χ1v) is 11.8. The molecule has 6 nitrogen and oxygen atoms in total. The average molecular weight is 425 g/mol. The largest absolute Gasteiger partial charge is 0.354 e. The Balaban J connectivity index is 0.000000176. The molecule has 2 saturated heterocycles. The standard InChI is InChI=1S/C13H21N3.C12H19N3/c1-10(2)12-9-16(7-6-14-12)13-5-4-11(3)8-15-13;1-3-11-9-15(7-6-13-11)12-5-4-10(2)8-14-12/h4-5,8,10,12,14H,6-7,9H2,1-3H3;4-5,8,11,13H,3,6-7,9H2,1-2H3. The zero-order valence-corrected chi connectivity index (χ0v) is 19.9. The summed E-state index contributed by atoms with van der Waals surface area (Å²) >= 11 is 0. The Morgan fingerprint density at radius 3 is 1.90 bits per heavy atom. The fourth-order valence-corrected chi connectivity index (χ4v) is 4.03. The van der Waals surface area contributed by atoms with Crippen LogP contribution >= 0.6 is 0 Å². The van der Waals surface area contributed by atoms with Crippen LogP contribution in [-0.2, 0) is 0 Å². The number of hydrogen-bond acceptors (Lipinski definition) is 6. The molecular weight excluding hydrogens is 384 g/mol. The van der Waals surface area contributed by atoms with Gasteiger partial charge in [-0.1, -0.05) is 32.9 Å². The van der Waals surface area contributed by atoms with E-state index >= 15 is 0 Å². The number of aromatic nitrogens is 2. The van der Waals surface area contributed by atoms with Crippen molar-refractivity contribution in [1.29, 1.82) is 0 Å². The van der Waals surface area contributed by atoms with E-state index in [1.165, 1.54) is 17.5 Å². The van der Waals surface area contributed by atoms with E-state index in [9.17, 15) is 0 Å². The van der Waals surface area contributed by atoms with Crippen molar-refractivity contribution < 1.29 is 0 Å². The van der Waals surface area contributed by atoms with Crippen molar-refractivity contribution in [3.63, 3.8) is 0 Å². The van der Waals surface area contributed by atoms with Crippen molar-refractivity contribution in [3.8, 4) is 0 Å². The lowest BCUT2D eigenvalue weighted by Gasteiger charge is -2.36. The smallest absolute Gasteiger partial charge is 0.128 e. The summed E-state index contributed by atoms with van der Waals surface area (Å²) in [5, 5.41) is 7.07. The zero-order valence-electron chi connectivity index (χ0n) is 19.9. The summed E-state index contributed by atoms with van der Waals surface area (Å²) in [6.45, 7) is 17.3. The highest BCUT2D eigenvalue weighted by atomic mass is 15.2. The third-order valence-corrected chi connectivity index (χ3v) is 6.20. The van der Waals surface area contributed by atoms with E-state index in [2.05, 4.69) is 89.3 Å². The van der Waals surface area contributed by atoms with Gasteiger partial charge in [0.25, 0.3) is 0 Å². The minimum absolute atomic E-state index is 0.580. The normalized spacial score (nSPS) is 21.6. The van der Waals surface area contributed by atoms with Crippen LogP contribution in [0.2, 0.25) is 0 Å². The van der Waals surface area contributed by atoms with E-state index in [1.54, 1.807) is 0 Å². The molecular formula is C25H40N6. The maximum Gasteiger partial charge on any atom is 0.128 e. The molecule has 2 fully saturated rings. The van der Waals surface area contributed by atoms with Gasteiger partial charge in [-0.05, 0) is 49.4 Å². The second kappa shape index (κ2) is 11.4. The number of piperazine rings is 2. The molecule has 0 saturated carbocycles. The Bertz CT molecular complexity index is 774. The van der Waals surface area contributed by atoms with Gasteiger partial charge in [-0.15, -0.1) is 0 Å². The molecule has 6 heteroatoms. The van der Waals surface area contributed by atoms with Gasteiger partial charge >= 0.3 is 0 Å². The molecule has 2 aliphatic rings. The molecule has 4 rings (SSSR count). The molecule has 2 N–H and O–H groups in total. The second-order valence-corrected chi connectivity index (χ2v) is 9.14. The lowest BCUT2D eigenvalue weighted by molar-refractivity contribution is 0.367. The van der Waals surface area contributed by atoms with Gasteiger partial charge in [0.15, 0.2) is 0 Å². The number of hydrogen-bond donors (Lipinski definition) is 2. The third-order valence-electron chi connectivity index (χ3n) is 6.20. The summed E-state index contributed by atoms with van der Waals surface area (Å²) in [4.78, 5) is 13.7. The molecule has 2 aromatic heterocycles. The van der Waals surface area contributed by atoms with Crippen LogP contribution in [-0.4, -0.2) is 61.3 Å². The van der Waals surface area contributed by atoms with Crippen molar-refractivity contribution in [2.45, 2.75) is 53.1 Å². The number of nitrogens with zero attached hydrogens (tertiary/aromatic N) is 4. The van der Waals surface area contributed by atoms with Crippen LogP contribution < -0.4 is 20.4 Å². The van der Waals surface area contributed by atoms with Crippen molar-refractivity contribution >= 4 is 11.6 Å². The van der Waals surface area contributed by atoms with Crippen molar-refractivity contribution in [2.75, 3.05) is 49.1 Å². The summed E-state index contributed by atoms with van der Waals surface area (Å²) in [6.07, 6.45) is 5.07. The minimum atomic E-state index is 0.580. The van der Waals surface area contributed by atoms with Crippen LogP contribution in [0, 0.1) is 19.8 Å². The highest BCUT2D eigenvalue weighted by Crippen LogP contribution is 2.16. The Labute approximate surface area is 188 Å². The van der Waals surface area contributed by atoms with Crippen LogP contribution in [0.25, 0.3) is 0 Å². The predicted octanol–water partition coefficient (Wildman–Crippen LogP) is 3.40. The molecule has 0 aliphatic carbocycles. The Hall–Kier alpha value is -2.18. The fraction of sp³-hybridized carbons (Fsp3) is 0.600. The Morgan fingerprint density at radius 1 is 0.871 bits per heavy atom. The van der Waals surface area contributed by atoms with Crippen LogP contribution in [0.5, 0.6) is 0 Å². The van der Waals surface area contributed by atoms with E-state index in [0.717, 1.165) is 50.9 Å². The van der Waals surface area contributed by atoms with E-state index in [1.807, 2.05) is 12.4 Å². The number of aryl methyl sites for hydroxylation is 2. The van der Waals surface area contributed by atoms with Gasteiger partial charge in [-0.25, -0.2) is 9.97 Å². The molecule has 0 bridgehead atoms. The van der Waals surface area contributed by atoms with E-state index in [0.29, 0.717) is 18.0 Å². The summed E-state index contributed by atoms with van der Waals surface area (Å²) in [6, 6.07) is 9.70. The molecule has 2 unspecified atom stereocenters. The molecule has 0 radical (unpaired) electrons. The highest BCUT2D eigenvalue weighted by Gasteiger charge is 2.22. The summed E-state index contributed by atoms with van der Waals surface area (Å²) in [5.41, 5.74) is 2.44. The quantitative estimate of drug-likeness (QED) is 0.785. The van der Waals surface area contributed by atoms with E-state index in [4.69, 9.17) is 0 Å². The minimum Gasteiger partial charge on any atom is -0.354 e. The zero-order chi connectivity index (χ0) is 22.2. The van der Waals surface area contributed by atoms with E-state index < -0.39 is 0 Å². The fourth-order valence-electron chi connectivity index (χ4n) is 4.03. The SMILES string of the molecule is CCC1CN(c2ccc(C)cn2)CCN1.Cc1ccc(N2CCNC(C(C)C)C2)nc1. The van der Waals surface area contributed by atoms with Crippen molar-refractivity contribution in [3.05, 3.63) is 47.8 Å². The first kappa shape index (κ1) is 23.5. The van der Waals surface area contributed by atoms with E-state index in [-0.39, 0.29) is 0 Å². The second-order valence-electron chi connectivity index (χ2n) is 9.14. The highest BCUT2D eigenvalue weighted by molar-refractivity contribution is 5.41. The van der Waals surface area contributed by atoms with Gasteiger partial charge < -0.3 is 20.4 Å². The number of rotatable bonds is 4. The maximum absolute atomic E-state index is 4.49. The van der Waals surface area contributed by atoms with Gasteiger partial charge in [-0.2, -0.15) is 0 Å². The summed E-state index contributed by atoms with van der Waals surface area (Å²) < 4.78 is 0. The molecule has 31 heavy (non-hydrogen) atoms.